The van der Waals surface area contributed by atoms with Crippen molar-refractivity contribution in [1.82, 2.24) is 9.88 Å². The third-order valence-electron chi connectivity index (χ3n) is 4.12. The zero-order valence-corrected chi connectivity index (χ0v) is 15.4. The summed E-state index contributed by atoms with van der Waals surface area (Å²) in [6.07, 6.45) is 4.44. The number of hydrogen-bond acceptors (Lipinski definition) is 4. The van der Waals surface area contributed by atoms with Gasteiger partial charge in [-0.1, -0.05) is 35.3 Å². The van der Waals surface area contributed by atoms with Gasteiger partial charge in [0, 0.05) is 19.3 Å². The fraction of sp³-hybridized carbons (Fsp3) is 0.211. The Hall–Kier alpha value is -2.39. The number of carbonyl (C=O) groups is 1. The first-order valence-corrected chi connectivity index (χ1v) is 8.85. The summed E-state index contributed by atoms with van der Waals surface area (Å²) >= 11 is 12.1. The number of nitrogens with zero attached hydrogens (tertiary/aromatic N) is 3. The molecular weight excluding hydrogens is 371 g/mol. The number of benzene rings is 1. The van der Waals surface area contributed by atoms with Crippen LogP contribution in [-0.2, 0) is 4.79 Å². The summed E-state index contributed by atoms with van der Waals surface area (Å²) in [6, 6.07) is 10.8. The number of aromatic nitrogens is 1. The van der Waals surface area contributed by atoms with Gasteiger partial charge in [-0.15, -0.1) is 0 Å². The van der Waals surface area contributed by atoms with Crippen LogP contribution in [0.4, 0.5) is 5.69 Å². The number of carbonyl (C=O) groups excluding carboxylic acids is 1. The zero-order valence-electron chi connectivity index (χ0n) is 13.9. The third kappa shape index (κ3) is 4.23. The van der Waals surface area contributed by atoms with Gasteiger partial charge in [-0.2, -0.15) is 5.26 Å². The van der Waals surface area contributed by atoms with E-state index in [2.05, 4.69) is 16.4 Å². The largest absolute Gasteiger partial charge is 0.324 e. The van der Waals surface area contributed by atoms with Crippen molar-refractivity contribution in [2.24, 2.45) is 0 Å². The summed E-state index contributed by atoms with van der Waals surface area (Å²) in [5.74, 6) is -0.151. The second-order valence-electron chi connectivity index (χ2n) is 5.88. The number of nitriles is 1. The second kappa shape index (κ2) is 8.33. The van der Waals surface area contributed by atoms with Gasteiger partial charge < -0.3 is 5.32 Å². The molecule has 3 rings (SSSR count). The molecule has 0 bridgehead atoms. The molecule has 132 valence electrons. The van der Waals surface area contributed by atoms with Crippen LogP contribution < -0.4 is 5.32 Å². The average Bonchev–Trinajstić information content (AvgIpc) is 2.66. The molecule has 26 heavy (non-hydrogen) atoms. The van der Waals surface area contributed by atoms with Crippen LogP contribution in [-0.4, -0.2) is 35.4 Å². The molecule has 2 aromatic rings. The lowest BCUT2D eigenvalue weighted by Crippen LogP contribution is -2.36. The predicted octanol–water partition coefficient (Wildman–Crippen LogP) is 3.99. The van der Waals surface area contributed by atoms with Crippen LogP contribution in [0.25, 0.3) is 5.57 Å². The molecule has 0 aliphatic carbocycles. The number of nitrogens with one attached hydrogen (secondary N) is 1. The van der Waals surface area contributed by atoms with E-state index in [1.165, 1.54) is 0 Å². The molecule has 0 atom stereocenters. The third-order valence-corrected chi connectivity index (χ3v) is 4.94. The molecule has 0 unspecified atom stereocenters. The molecule has 7 heteroatoms. The van der Waals surface area contributed by atoms with Crippen molar-refractivity contribution in [2.45, 2.75) is 6.42 Å². The van der Waals surface area contributed by atoms with Gasteiger partial charge in [-0.25, -0.2) is 0 Å². The Morgan fingerprint density at radius 3 is 2.88 bits per heavy atom. The smallest absolute Gasteiger partial charge is 0.238 e. The van der Waals surface area contributed by atoms with Gasteiger partial charge in [0.25, 0.3) is 0 Å². The summed E-state index contributed by atoms with van der Waals surface area (Å²) in [6.45, 7) is 1.58. The quantitative estimate of drug-likeness (QED) is 0.862. The van der Waals surface area contributed by atoms with E-state index < -0.39 is 0 Å². The normalized spacial score (nSPS) is 14.4. The van der Waals surface area contributed by atoms with Crippen molar-refractivity contribution in [2.75, 3.05) is 25.0 Å². The van der Waals surface area contributed by atoms with E-state index in [0.717, 1.165) is 17.7 Å². The SMILES string of the molecule is N#Cc1cccnc1C1=CCN(CC(=O)Nc2cccc(Cl)c2Cl)CC1. The minimum absolute atomic E-state index is 0.151. The Bertz CT molecular complexity index is 905. The first kappa shape index (κ1) is 18.4. The Morgan fingerprint density at radius 2 is 2.15 bits per heavy atom. The van der Waals surface area contributed by atoms with Crippen molar-refractivity contribution in [1.29, 1.82) is 5.26 Å². The summed E-state index contributed by atoms with van der Waals surface area (Å²) in [7, 11) is 0. The molecule has 1 aromatic heterocycles. The van der Waals surface area contributed by atoms with E-state index in [0.29, 0.717) is 34.4 Å². The van der Waals surface area contributed by atoms with Crippen LogP contribution in [0.15, 0.2) is 42.6 Å². The predicted molar refractivity (Wildman–Crippen MR) is 103 cm³/mol. The van der Waals surface area contributed by atoms with Gasteiger partial charge in [0.1, 0.15) is 6.07 Å². The van der Waals surface area contributed by atoms with Crippen LogP contribution >= 0.6 is 23.2 Å². The van der Waals surface area contributed by atoms with Gasteiger partial charge >= 0.3 is 0 Å². The van der Waals surface area contributed by atoms with Crippen molar-refractivity contribution >= 4 is 40.4 Å². The van der Waals surface area contributed by atoms with E-state index in [1.807, 2.05) is 11.0 Å². The molecule has 1 amide bonds. The lowest BCUT2D eigenvalue weighted by atomic mass is 10.0. The standard InChI is InChI=1S/C19H16Cl2N4O/c20-15-4-1-5-16(18(15)21)24-17(26)12-25-9-6-13(7-10-25)19-14(11-22)3-2-8-23-19/h1-6,8H,7,9-10,12H2,(H,24,26). The molecule has 1 aliphatic heterocycles. The summed E-state index contributed by atoms with van der Waals surface area (Å²) in [5, 5.41) is 12.7. The maximum absolute atomic E-state index is 12.3. The molecule has 0 radical (unpaired) electrons. The highest BCUT2D eigenvalue weighted by molar-refractivity contribution is 6.44. The Morgan fingerprint density at radius 1 is 1.31 bits per heavy atom. The van der Waals surface area contributed by atoms with Crippen LogP contribution in [0, 0.1) is 11.3 Å². The van der Waals surface area contributed by atoms with E-state index in [1.54, 1.807) is 36.5 Å². The Kier molecular flexibility index (Phi) is 5.89. The van der Waals surface area contributed by atoms with E-state index in [4.69, 9.17) is 23.2 Å². The number of halogens is 2. The van der Waals surface area contributed by atoms with Crippen LogP contribution in [0.3, 0.4) is 0 Å². The lowest BCUT2D eigenvalue weighted by Gasteiger charge is -2.25. The minimum atomic E-state index is -0.151. The van der Waals surface area contributed by atoms with Crippen LogP contribution in [0.2, 0.25) is 10.0 Å². The number of pyridine rings is 1. The monoisotopic (exact) mass is 386 g/mol. The number of anilines is 1. The van der Waals surface area contributed by atoms with E-state index in [9.17, 15) is 10.1 Å². The molecule has 0 saturated heterocycles. The summed E-state index contributed by atoms with van der Waals surface area (Å²) in [5.41, 5.74) is 2.84. The Balaban J connectivity index is 1.61. The average molecular weight is 387 g/mol. The number of amides is 1. The van der Waals surface area contributed by atoms with Gasteiger partial charge in [-0.3, -0.25) is 14.7 Å². The molecule has 5 nitrogen and oxygen atoms in total. The van der Waals surface area contributed by atoms with Crippen molar-refractivity contribution in [3.05, 3.63) is 63.9 Å². The lowest BCUT2D eigenvalue weighted by molar-refractivity contribution is -0.117. The topological polar surface area (TPSA) is 69.0 Å². The molecule has 0 fully saturated rings. The molecule has 0 spiro atoms. The van der Waals surface area contributed by atoms with Crippen molar-refractivity contribution in [3.8, 4) is 6.07 Å². The first-order valence-electron chi connectivity index (χ1n) is 8.09. The van der Waals surface area contributed by atoms with E-state index >= 15 is 0 Å². The highest BCUT2D eigenvalue weighted by Gasteiger charge is 2.18. The van der Waals surface area contributed by atoms with Gasteiger partial charge in [0.15, 0.2) is 0 Å². The molecule has 0 saturated carbocycles. The fourth-order valence-electron chi connectivity index (χ4n) is 2.81. The molecule has 1 aromatic carbocycles. The molecule has 2 heterocycles. The van der Waals surface area contributed by atoms with Gasteiger partial charge in [-0.05, 0) is 36.3 Å². The van der Waals surface area contributed by atoms with Crippen molar-refractivity contribution < 1.29 is 4.79 Å². The maximum Gasteiger partial charge on any atom is 0.238 e. The highest BCUT2D eigenvalue weighted by atomic mass is 35.5. The van der Waals surface area contributed by atoms with Crippen LogP contribution in [0.1, 0.15) is 17.7 Å². The van der Waals surface area contributed by atoms with Crippen molar-refractivity contribution in [3.63, 3.8) is 0 Å². The zero-order chi connectivity index (χ0) is 18.5. The summed E-state index contributed by atoms with van der Waals surface area (Å²) in [4.78, 5) is 18.6. The van der Waals surface area contributed by atoms with E-state index in [-0.39, 0.29) is 12.5 Å². The molecule has 1 N–H and O–H groups in total. The number of hydrogen-bond donors (Lipinski definition) is 1. The van der Waals surface area contributed by atoms with Gasteiger partial charge in [0.05, 0.1) is 33.5 Å². The van der Waals surface area contributed by atoms with Crippen LogP contribution in [0.5, 0.6) is 0 Å². The fourth-order valence-corrected chi connectivity index (χ4v) is 3.16. The second-order valence-corrected chi connectivity index (χ2v) is 6.66. The Labute approximate surface area is 161 Å². The minimum Gasteiger partial charge on any atom is -0.324 e. The van der Waals surface area contributed by atoms with Gasteiger partial charge in [0.2, 0.25) is 5.91 Å². The molecular formula is C19H16Cl2N4O. The molecule has 1 aliphatic rings. The maximum atomic E-state index is 12.3. The summed E-state index contributed by atoms with van der Waals surface area (Å²) < 4.78 is 0. The highest BCUT2D eigenvalue weighted by Crippen LogP contribution is 2.29. The number of rotatable bonds is 4. The first-order chi connectivity index (χ1) is 12.6.